The zero-order valence-corrected chi connectivity index (χ0v) is 10.9. The normalized spacial score (nSPS) is 13.8. The Morgan fingerprint density at radius 3 is 2.11 bits per heavy atom. The van der Waals surface area contributed by atoms with Crippen LogP contribution in [0.15, 0.2) is 18.2 Å². The Morgan fingerprint density at radius 1 is 1.22 bits per heavy atom. The molecule has 2 atom stereocenters. The van der Waals surface area contributed by atoms with Crippen LogP contribution < -0.4 is 5.32 Å². The molecule has 3 N–H and O–H groups in total. The molecule has 1 aromatic carbocycles. The molecule has 0 radical (unpaired) electrons. The van der Waals surface area contributed by atoms with E-state index in [9.17, 15) is 14.7 Å². The van der Waals surface area contributed by atoms with Gasteiger partial charge >= 0.3 is 5.97 Å². The zero-order chi connectivity index (χ0) is 13.9. The molecule has 0 saturated heterocycles. The van der Waals surface area contributed by atoms with Gasteiger partial charge in [-0.25, -0.2) is 4.79 Å². The van der Waals surface area contributed by atoms with Gasteiger partial charge in [-0.1, -0.05) is 23.2 Å². The Balaban J connectivity index is 2.90. The summed E-state index contributed by atoms with van der Waals surface area (Å²) in [6.45, 7) is 1.27. The number of carboxylic acids is 1. The van der Waals surface area contributed by atoms with E-state index in [1.807, 2.05) is 0 Å². The number of hydrogen-bond donors (Lipinski definition) is 3. The van der Waals surface area contributed by atoms with Crippen LogP contribution in [-0.4, -0.2) is 34.2 Å². The maximum atomic E-state index is 11.8. The molecule has 0 aliphatic carbocycles. The van der Waals surface area contributed by atoms with Crippen molar-refractivity contribution in [1.29, 1.82) is 0 Å². The molecule has 0 aromatic heterocycles. The highest BCUT2D eigenvalue weighted by Gasteiger charge is 2.25. The Bertz CT molecular complexity index is 456. The number of hydrogen-bond acceptors (Lipinski definition) is 3. The maximum absolute atomic E-state index is 11.8. The van der Waals surface area contributed by atoms with Crippen LogP contribution in [0.25, 0.3) is 0 Å². The van der Waals surface area contributed by atoms with Gasteiger partial charge in [0, 0.05) is 15.6 Å². The quantitative estimate of drug-likeness (QED) is 0.786. The van der Waals surface area contributed by atoms with Gasteiger partial charge in [-0.3, -0.25) is 4.79 Å². The van der Waals surface area contributed by atoms with E-state index in [1.165, 1.54) is 25.1 Å². The average Bonchev–Trinajstić information content (AvgIpc) is 2.23. The number of benzene rings is 1. The highest BCUT2D eigenvalue weighted by atomic mass is 35.5. The summed E-state index contributed by atoms with van der Waals surface area (Å²) in [4.78, 5) is 22.6. The topological polar surface area (TPSA) is 86.6 Å². The van der Waals surface area contributed by atoms with Crippen molar-refractivity contribution < 1.29 is 19.8 Å². The third-order valence-corrected chi connectivity index (χ3v) is 2.60. The molecular weight excluding hydrogens is 281 g/mol. The van der Waals surface area contributed by atoms with Crippen LogP contribution in [0.2, 0.25) is 10.0 Å². The van der Waals surface area contributed by atoms with Gasteiger partial charge in [-0.15, -0.1) is 0 Å². The van der Waals surface area contributed by atoms with Crippen molar-refractivity contribution in [3.05, 3.63) is 33.8 Å². The van der Waals surface area contributed by atoms with E-state index in [-0.39, 0.29) is 15.6 Å². The van der Waals surface area contributed by atoms with Gasteiger partial charge in [0.25, 0.3) is 5.91 Å². The molecule has 0 spiro atoms. The molecule has 7 heteroatoms. The largest absolute Gasteiger partial charge is 0.480 e. The predicted molar refractivity (Wildman–Crippen MR) is 67.0 cm³/mol. The average molecular weight is 292 g/mol. The molecular formula is C11H11Cl2NO4. The Labute approximate surface area is 113 Å². The first-order chi connectivity index (χ1) is 8.31. The standard InChI is InChI=1S/C11H11Cl2NO4/c1-5(15)9(11(17)18)14-10(16)6-2-7(12)4-8(13)3-6/h2-5,9,15H,1H3,(H,14,16)(H,17,18). The minimum atomic E-state index is -1.39. The summed E-state index contributed by atoms with van der Waals surface area (Å²) in [6.07, 6.45) is -1.22. The molecule has 0 bridgehead atoms. The van der Waals surface area contributed by atoms with E-state index < -0.39 is 24.0 Å². The van der Waals surface area contributed by atoms with Crippen LogP contribution in [-0.2, 0) is 4.79 Å². The third-order valence-electron chi connectivity index (χ3n) is 2.16. The van der Waals surface area contributed by atoms with Gasteiger partial charge < -0.3 is 15.5 Å². The summed E-state index contributed by atoms with van der Waals surface area (Å²) in [7, 11) is 0. The fourth-order valence-electron chi connectivity index (χ4n) is 1.30. The first kappa shape index (κ1) is 14.8. The second kappa shape index (κ2) is 6.04. The van der Waals surface area contributed by atoms with Gasteiger partial charge in [0.05, 0.1) is 6.10 Å². The number of amides is 1. The minimum Gasteiger partial charge on any atom is -0.480 e. The van der Waals surface area contributed by atoms with Crippen molar-refractivity contribution in [3.8, 4) is 0 Å². The van der Waals surface area contributed by atoms with Crippen LogP contribution in [0.4, 0.5) is 0 Å². The molecule has 5 nitrogen and oxygen atoms in total. The number of carboxylic acid groups (broad SMARTS) is 1. The molecule has 1 rings (SSSR count). The van der Waals surface area contributed by atoms with Crippen LogP contribution in [0.3, 0.4) is 0 Å². The molecule has 0 saturated carbocycles. The number of nitrogens with one attached hydrogen (secondary N) is 1. The number of carbonyl (C=O) groups excluding carboxylic acids is 1. The van der Waals surface area contributed by atoms with E-state index in [0.717, 1.165) is 0 Å². The lowest BCUT2D eigenvalue weighted by Crippen LogP contribution is -2.47. The lowest BCUT2D eigenvalue weighted by molar-refractivity contribution is -0.141. The molecule has 1 aromatic rings. The first-order valence-corrected chi connectivity index (χ1v) is 5.74. The number of carbonyl (C=O) groups is 2. The second-order valence-electron chi connectivity index (χ2n) is 3.69. The van der Waals surface area contributed by atoms with E-state index in [4.69, 9.17) is 28.3 Å². The third kappa shape index (κ3) is 3.87. The molecule has 2 unspecified atom stereocenters. The van der Waals surface area contributed by atoms with Crippen molar-refractivity contribution in [1.82, 2.24) is 5.32 Å². The van der Waals surface area contributed by atoms with Crippen molar-refractivity contribution in [2.24, 2.45) is 0 Å². The number of aliphatic carboxylic acids is 1. The summed E-state index contributed by atoms with van der Waals surface area (Å²) >= 11 is 11.5. The number of aliphatic hydroxyl groups excluding tert-OH is 1. The van der Waals surface area contributed by atoms with Crippen LogP contribution in [0.5, 0.6) is 0 Å². The highest BCUT2D eigenvalue weighted by Crippen LogP contribution is 2.19. The number of aliphatic hydroxyl groups is 1. The van der Waals surface area contributed by atoms with Crippen molar-refractivity contribution in [2.45, 2.75) is 19.1 Å². The monoisotopic (exact) mass is 291 g/mol. The number of halogens is 2. The summed E-state index contributed by atoms with van der Waals surface area (Å²) in [5.74, 6) is -2.00. The predicted octanol–water partition coefficient (Wildman–Crippen LogP) is 1.56. The second-order valence-corrected chi connectivity index (χ2v) is 4.56. The van der Waals surface area contributed by atoms with E-state index in [0.29, 0.717) is 0 Å². The van der Waals surface area contributed by atoms with Gasteiger partial charge in [-0.05, 0) is 25.1 Å². The Hall–Kier alpha value is -1.30. The van der Waals surface area contributed by atoms with Gasteiger partial charge in [0.15, 0.2) is 6.04 Å². The Kier molecular flexibility index (Phi) is 4.95. The lowest BCUT2D eigenvalue weighted by Gasteiger charge is -2.17. The summed E-state index contributed by atoms with van der Waals surface area (Å²) in [5.41, 5.74) is 0.124. The van der Waals surface area contributed by atoms with Crippen LogP contribution in [0.1, 0.15) is 17.3 Å². The first-order valence-electron chi connectivity index (χ1n) is 4.99. The van der Waals surface area contributed by atoms with Crippen LogP contribution >= 0.6 is 23.2 Å². The summed E-state index contributed by atoms with van der Waals surface area (Å²) in [5, 5.41) is 20.8. The maximum Gasteiger partial charge on any atom is 0.328 e. The van der Waals surface area contributed by atoms with E-state index in [2.05, 4.69) is 5.32 Å². The van der Waals surface area contributed by atoms with Crippen molar-refractivity contribution in [2.75, 3.05) is 0 Å². The smallest absolute Gasteiger partial charge is 0.328 e. The molecule has 0 heterocycles. The lowest BCUT2D eigenvalue weighted by atomic mass is 10.1. The molecule has 18 heavy (non-hydrogen) atoms. The van der Waals surface area contributed by atoms with Crippen molar-refractivity contribution in [3.63, 3.8) is 0 Å². The molecule has 0 aliphatic heterocycles. The van der Waals surface area contributed by atoms with Crippen molar-refractivity contribution >= 4 is 35.1 Å². The SMILES string of the molecule is CC(O)C(NC(=O)c1cc(Cl)cc(Cl)c1)C(=O)O. The Morgan fingerprint density at radius 2 is 1.72 bits per heavy atom. The minimum absolute atomic E-state index is 0.124. The van der Waals surface area contributed by atoms with E-state index >= 15 is 0 Å². The molecule has 0 fully saturated rings. The fraction of sp³-hybridized carbons (Fsp3) is 0.273. The number of rotatable bonds is 4. The fourth-order valence-corrected chi connectivity index (χ4v) is 1.82. The molecule has 1 amide bonds. The van der Waals surface area contributed by atoms with Gasteiger partial charge in [-0.2, -0.15) is 0 Å². The van der Waals surface area contributed by atoms with Gasteiger partial charge in [0.1, 0.15) is 0 Å². The highest BCUT2D eigenvalue weighted by molar-refractivity contribution is 6.35. The van der Waals surface area contributed by atoms with Crippen LogP contribution in [0, 0.1) is 0 Å². The van der Waals surface area contributed by atoms with E-state index in [1.54, 1.807) is 0 Å². The molecule has 0 aliphatic rings. The summed E-state index contributed by atoms with van der Waals surface area (Å²) in [6, 6.07) is 2.76. The zero-order valence-electron chi connectivity index (χ0n) is 9.35. The van der Waals surface area contributed by atoms with Gasteiger partial charge in [0.2, 0.25) is 0 Å². The summed E-state index contributed by atoms with van der Waals surface area (Å²) < 4.78 is 0. The molecule has 98 valence electrons.